The van der Waals surface area contributed by atoms with Crippen LogP contribution in [0.4, 0.5) is 0 Å². The first-order valence-corrected chi connectivity index (χ1v) is 7.27. The monoisotopic (exact) mass is 260 g/mol. The minimum absolute atomic E-state index is 0.293. The van der Waals surface area contributed by atoms with Crippen molar-refractivity contribution in [3.63, 3.8) is 0 Å². The minimum atomic E-state index is 0.293. The van der Waals surface area contributed by atoms with Gasteiger partial charge in [0, 0.05) is 5.56 Å². The number of phenolic OH excluding ortho intramolecular Hbond substituents is 1. The summed E-state index contributed by atoms with van der Waals surface area (Å²) in [4.78, 5) is 0. The van der Waals surface area contributed by atoms with E-state index in [2.05, 4.69) is 26.8 Å². The lowest BCUT2D eigenvalue weighted by Gasteiger charge is -2.39. The van der Waals surface area contributed by atoms with Gasteiger partial charge in [0.05, 0.1) is 7.11 Å². The number of fused-ring (bicyclic) bond motifs is 2. The Balaban J connectivity index is 2.06. The highest BCUT2D eigenvalue weighted by molar-refractivity contribution is 5.48. The van der Waals surface area contributed by atoms with Crippen LogP contribution in [0, 0.1) is 16.7 Å². The molecule has 2 bridgehead atoms. The fourth-order valence-corrected chi connectivity index (χ4v) is 4.66. The van der Waals surface area contributed by atoms with Gasteiger partial charge in [0.1, 0.15) is 0 Å². The summed E-state index contributed by atoms with van der Waals surface area (Å²) in [5, 5.41) is 10.4. The highest BCUT2D eigenvalue weighted by Gasteiger charge is 2.61. The number of para-hydroxylation sites is 1. The van der Waals surface area contributed by atoms with E-state index in [1.165, 1.54) is 19.3 Å². The van der Waals surface area contributed by atoms with Crippen LogP contribution in [-0.4, -0.2) is 12.2 Å². The fraction of sp³-hybridized carbons (Fsp3) is 0.647. The first-order valence-electron chi connectivity index (χ1n) is 7.27. The minimum Gasteiger partial charge on any atom is -0.504 e. The second-order valence-corrected chi connectivity index (χ2v) is 7.06. The summed E-state index contributed by atoms with van der Waals surface area (Å²) in [5.41, 5.74) is 1.74. The molecular weight excluding hydrogens is 236 g/mol. The zero-order valence-corrected chi connectivity index (χ0v) is 12.4. The van der Waals surface area contributed by atoms with Gasteiger partial charge >= 0.3 is 0 Å². The Morgan fingerprint density at radius 2 is 2.00 bits per heavy atom. The molecule has 2 nitrogen and oxygen atoms in total. The highest BCUT2D eigenvalue weighted by Crippen LogP contribution is 2.71. The summed E-state index contributed by atoms with van der Waals surface area (Å²) in [7, 11) is 1.62. The van der Waals surface area contributed by atoms with Crippen LogP contribution in [0.15, 0.2) is 18.2 Å². The van der Waals surface area contributed by atoms with Crippen molar-refractivity contribution < 1.29 is 9.84 Å². The van der Waals surface area contributed by atoms with Gasteiger partial charge in [-0.25, -0.2) is 0 Å². The Kier molecular flexibility index (Phi) is 2.64. The molecule has 0 heterocycles. The zero-order valence-electron chi connectivity index (χ0n) is 12.4. The molecule has 2 heteroatoms. The van der Waals surface area contributed by atoms with Crippen LogP contribution in [0.3, 0.4) is 0 Å². The molecule has 1 aromatic rings. The Labute approximate surface area is 115 Å². The Bertz CT molecular complexity index is 506. The number of aromatic hydroxyl groups is 1. The summed E-state index contributed by atoms with van der Waals surface area (Å²) in [6.45, 7) is 7.22. The van der Waals surface area contributed by atoms with Gasteiger partial charge in [-0.1, -0.05) is 32.9 Å². The van der Waals surface area contributed by atoms with Crippen LogP contribution in [0.25, 0.3) is 0 Å². The van der Waals surface area contributed by atoms with E-state index < -0.39 is 0 Å². The predicted molar refractivity (Wildman–Crippen MR) is 76.6 cm³/mol. The first-order chi connectivity index (χ1) is 8.91. The van der Waals surface area contributed by atoms with Gasteiger partial charge in [-0.05, 0) is 48.0 Å². The van der Waals surface area contributed by atoms with Gasteiger partial charge in [-0.15, -0.1) is 0 Å². The van der Waals surface area contributed by atoms with Crippen molar-refractivity contribution in [3.05, 3.63) is 23.8 Å². The number of ether oxygens (including phenoxy) is 1. The Hall–Kier alpha value is -1.18. The average molecular weight is 260 g/mol. The first kappa shape index (κ1) is 12.8. The normalized spacial score (nSPS) is 35.6. The Morgan fingerprint density at radius 1 is 1.26 bits per heavy atom. The SMILES string of the molecule is COc1cccc([C@H]2C[C@@H]3CC[C@@]2(C)C3(C)C)c1O. The van der Waals surface area contributed by atoms with Crippen molar-refractivity contribution in [2.45, 2.75) is 46.0 Å². The van der Waals surface area contributed by atoms with Crippen molar-refractivity contribution in [3.8, 4) is 11.5 Å². The lowest BCUT2D eigenvalue weighted by atomic mass is 9.65. The number of phenols is 1. The van der Waals surface area contributed by atoms with Crippen molar-refractivity contribution in [2.75, 3.05) is 7.11 Å². The molecule has 104 valence electrons. The van der Waals surface area contributed by atoms with Crippen LogP contribution in [-0.2, 0) is 0 Å². The molecule has 0 radical (unpaired) electrons. The predicted octanol–water partition coefficient (Wildman–Crippen LogP) is 4.33. The standard InChI is InChI=1S/C17H24O2/c1-16(2)11-8-9-17(16,3)13(10-11)12-6-5-7-14(19-4)15(12)18/h5-7,11,13,18H,8-10H2,1-4H3/t11-,13+,17+/m0/s1. The summed E-state index contributed by atoms with van der Waals surface area (Å²) >= 11 is 0. The van der Waals surface area contributed by atoms with Gasteiger partial charge < -0.3 is 9.84 Å². The summed E-state index contributed by atoms with van der Waals surface area (Å²) in [6, 6.07) is 5.90. The molecule has 2 saturated carbocycles. The van der Waals surface area contributed by atoms with E-state index in [1.807, 2.05) is 12.1 Å². The molecule has 3 rings (SSSR count). The van der Waals surface area contributed by atoms with Crippen molar-refractivity contribution in [1.29, 1.82) is 0 Å². The summed E-state index contributed by atoms with van der Waals surface area (Å²) in [5.74, 6) is 2.19. The molecule has 19 heavy (non-hydrogen) atoms. The van der Waals surface area contributed by atoms with Crippen LogP contribution < -0.4 is 4.74 Å². The lowest BCUT2D eigenvalue weighted by Crippen LogP contribution is -2.31. The molecule has 0 amide bonds. The van der Waals surface area contributed by atoms with E-state index in [1.54, 1.807) is 7.11 Å². The van der Waals surface area contributed by atoms with Crippen molar-refractivity contribution >= 4 is 0 Å². The molecule has 0 aromatic heterocycles. The van der Waals surface area contributed by atoms with E-state index in [-0.39, 0.29) is 0 Å². The third kappa shape index (κ3) is 1.49. The van der Waals surface area contributed by atoms with E-state index in [4.69, 9.17) is 4.74 Å². The summed E-state index contributed by atoms with van der Waals surface area (Å²) in [6.07, 6.45) is 3.81. The van der Waals surface area contributed by atoms with E-state index in [0.29, 0.717) is 28.2 Å². The molecule has 2 aliphatic carbocycles. The van der Waals surface area contributed by atoms with Gasteiger partial charge in [0.2, 0.25) is 0 Å². The number of methoxy groups -OCH3 is 1. The van der Waals surface area contributed by atoms with Crippen LogP contribution >= 0.6 is 0 Å². The highest BCUT2D eigenvalue weighted by atomic mass is 16.5. The van der Waals surface area contributed by atoms with Crippen LogP contribution in [0.2, 0.25) is 0 Å². The molecule has 0 saturated heterocycles. The zero-order chi connectivity index (χ0) is 13.8. The second-order valence-electron chi connectivity index (χ2n) is 7.06. The smallest absolute Gasteiger partial charge is 0.161 e. The maximum atomic E-state index is 10.4. The molecule has 0 spiro atoms. The number of hydrogen-bond donors (Lipinski definition) is 1. The van der Waals surface area contributed by atoms with Crippen molar-refractivity contribution in [1.82, 2.24) is 0 Å². The van der Waals surface area contributed by atoms with Crippen molar-refractivity contribution in [2.24, 2.45) is 16.7 Å². The third-order valence-corrected chi connectivity index (χ3v) is 6.42. The quantitative estimate of drug-likeness (QED) is 0.857. The number of rotatable bonds is 2. The Morgan fingerprint density at radius 3 is 2.53 bits per heavy atom. The van der Waals surface area contributed by atoms with E-state index in [9.17, 15) is 5.11 Å². The molecular formula is C17H24O2. The van der Waals surface area contributed by atoms with E-state index >= 15 is 0 Å². The molecule has 2 aliphatic rings. The van der Waals surface area contributed by atoms with Crippen LogP contribution in [0.1, 0.15) is 51.5 Å². The van der Waals surface area contributed by atoms with Crippen LogP contribution in [0.5, 0.6) is 11.5 Å². The molecule has 1 N–H and O–H groups in total. The number of benzene rings is 1. The topological polar surface area (TPSA) is 29.5 Å². The maximum Gasteiger partial charge on any atom is 0.161 e. The maximum absolute atomic E-state index is 10.4. The van der Waals surface area contributed by atoms with Gasteiger partial charge in [0.15, 0.2) is 11.5 Å². The third-order valence-electron chi connectivity index (χ3n) is 6.42. The number of hydrogen-bond acceptors (Lipinski definition) is 2. The summed E-state index contributed by atoms with van der Waals surface area (Å²) < 4.78 is 5.26. The lowest BCUT2D eigenvalue weighted by molar-refractivity contribution is 0.133. The van der Waals surface area contributed by atoms with Gasteiger partial charge in [-0.2, -0.15) is 0 Å². The average Bonchev–Trinajstić information content (AvgIpc) is 2.71. The van der Waals surface area contributed by atoms with Gasteiger partial charge in [0.25, 0.3) is 0 Å². The molecule has 0 aliphatic heterocycles. The van der Waals surface area contributed by atoms with E-state index in [0.717, 1.165) is 11.5 Å². The van der Waals surface area contributed by atoms with Gasteiger partial charge in [-0.3, -0.25) is 0 Å². The molecule has 2 fully saturated rings. The molecule has 0 unspecified atom stereocenters. The molecule has 3 atom stereocenters. The molecule has 1 aromatic carbocycles. The second kappa shape index (κ2) is 3.91. The fourth-order valence-electron chi connectivity index (χ4n) is 4.66. The largest absolute Gasteiger partial charge is 0.504 e.